The molecule has 7 heteroatoms. The highest BCUT2D eigenvalue weighted by Gasteiger charge is 2.25. The molecule has 1 saturated heterocycles. The summed E-state index contributed by atoms with van der Waals surface area (Å²) in [6.45, 7) is 2.42. The molecule has 1 fully saturated rings. The van der Waals surface area contributed by atoms with Crippen LogP contribution in [0.2, 0.25) is 0 Å². The largest absolute Gasteiger partial charge is 0.464 e. The molecule has 0 amide bonds. The van der Waals surface area contributed by atoms with Crippen molar-refractivity contribution in [1.29, 1.82) is 0 Å². The highest BCUT2D eigenvalue weighted by Crippen LogP contribution is 2.20. The first kappa shape index (κ1) is 13.0. The van der Waals surface area contributed by atoms with Crippen molar-refractivity contribution >= 4 is 23.4 Å². The van der Waals surface area contributed by atoms with E-state index in [1.807, 2.05) is 11.9 Å². The number of carbonyl (C=O) groups is 1. The van der Waals surface area contributed by atoms with Crippen LogP contribution in [0, 0.1) is 0 Å². The van der Waals surface area contributed by atoms with E-state index < -0.39 is 5.97 Å². The third kappa shape index (κ3) is 2.70. The number of rotatable bonds is 2. The number of aromatic nitrogens is 2. The summed E-state index contributed by atoms with van der Waals surface area (Å²) in [6.07, 6.45) is 1.35. The Hall–Kier alpha value is -1.40. The Labute approximate surface area is 111 Å². The highest BCUT2D eigenvalue weighted by molar-refractivity contribution is 6.22. The molecule has 1 aromatic heterocycles. The predicted octanol–water partition coefficient (Wildman–Crippen LogP) is 0.580. The van der Waals surface area contributed by atoms with Gasteiger partial charge in [0.25, 0.3) is 0 Å². The minimum Gasteiger partial charge on any atom is -0.464 e. The summed E-state index contributed by atoms with van der Waals surface area (Å²) >= 11 is 6.29. The van der Waals surface area contributed by atoms with Gasteiger partial charge in [0.2, 0.25) is 0 Å². The quantitative estimate of drug-likeness (QED) is 0.445. The van der Waals surface area contributed by atoms with E-state index in [0.717, 1.165) is 19.6 Å². The summed E-state index contributed by atoms with van der Waals surface area (Å²) in [4.78, 5) is 23.6. The fourth-order valence-corrected chi connectivity index (χ4v) is 2.28. The molecule has 0 aliphatic carbocycles. The zero-order valence-corrected chi connectivity index (χ0v) is 11.1. The number of likely N-dealkylation sites (N-methyl/N-ethyl adjacent to an activating group) is 1. The summed E-state index contributed by atoms with van der Waals surface area (Å²) in [5.74, 6) is 0.178. The topological polar surface area (TPSA) is 58.6 Å². The van der Waals surface area contributed by atoms with Crippen molar-refractivity contribution in [2.24, 2.45) is 0 Å². The monoisotopic (exact) mass is 270 g/mol. The van der Waals surface area contributed by atoms with E-state index in [0.29, 0.717) is 5.82 Å². The van der Waals surface area contributed by atoms with Gasteiger partial charge in [-0.05, 0) is 7.05 Å². The van der Waals surface area contributed by atoms with Crippen molar-refractivity contribution in [2.45, 2.75) is 5.50 Å². The van der Waals surface area contributed by atoms with E-state index in [4.69, 9.17) is 11.6 Å². The van der Waals surface area contributed by atoms with Gasteiger partial charge in [0.15, 0.2) is 5.69 Å². The zero-order chi connectivity index (χ0) is 13.1. The Morgan fingerprint density at radius 2 is 2.28 bits per heavy atom. The van der Waals surface area contributed by atoms with Gasteiger partial charge in [0.05, 0.1) is 7.11 Å². The van der Waals surface area contributed by atoms with Crippen molar-refractivity contribution < 1.29 is 9.53 Å². The Balaban J connectivity index is 2.20. The van der Waals surface area contributed by atoms with Gasteiger partial charge in [-0.25, -0.2) is 14.8 Å². The van der Waals surface area contributed by atoms with Crippen LogP contribution in [0.25, 0.3) is 0 Å². The first-order valence-electron chi connectivity index (χ1n) is 5.61. The second-order valence-electron chi connectivity index (χ2n) is 4.14. The Kier molecular flexibility index (Phi) is 3.98. The molecule has 2 rings (SSSR count). The van der Waals surface area contributed by atoms with Gasteiger partial charge in [0, 0.05) is 25.7 Å². The second-order valence-corrected chi connectivity index (χ2v) is 4.65. The molecule has 0 radical (unpaired) electrons. The van der Waals surface area contributed by atoms with Gasteiger partial charge in [-0.3, -0.25) is 0 Å². The zero-order valence-electron chi connectivity index (χ0n) is 10.3. The molecule has 0 bridgehead atoms. The third-order valence-electron chi connectivity index (χ3n) is 2.86. The van der Waals surface area contributed by atoms with Crippen molar-refractivity contribution in [3.8, 4) is 0 Å². The summed E-state index contributed by atoms with van der Waals surface area (Å²) in [5.41, 5.74) is 0.0782. The maximum absolute atomic E-state index is 11.4. The van der Waals surface area contributed by atoms with E-state index in [9.17, 15) is 4.79 Å². The number of halogens is 1. The van der Waals surface area contributed by atoms with Gasteiger partial charge in [-0.15, -0.1) is 0 Å². The fraction of sp³-hybridized carbons (Fsp3) is 0.545. The number of esters is 1. The summed E-state index contributed by atoms with van der Waals surface area (Å²) in [7, 11) is 3.34. The minimum absolute atomic E-state index is 0.163. The number of anilines is 1. The Morgan fingerprint density at radius 1 is 1.50 bits per heavy atom. The standard InChI is InChI=1S/C11H15ClN4O2/c1-15-3-4-16(9(12)6-15)10-5-8(11(17)18-2)13-7-14-10/h5,7,9H,3-4,6H2,1-2H3. The number of hydrogen-bond acceptors (Lipinski definition) is 6. The van der Waals surface area contributed by atoms with E-state index >= 15 is 0 Å². The van der Waals surface area contributed by atoms with Crippen LogP contribution >= 0.6 is 11.6 Å². The lowest BCUT2D eigenvalue weighted by atomic mass is 10.3. The van der Waals surface area contributed by atoms with E-state index in [1.165, 1.54) is 13.4 Å². The lowest BCUT2D eigenvalue weighted by Gasteiger charge is -2.37. The molecular weight excluding hydrogens is 256 g/mol. The molecular formula is C11H15ClN4O2. The van der Waals surface area contributed by atoms with Crippen molar-refractivity contribution in [1.82, 2.24) is 14.9 Å². The Morgan fingerprint density at radius 3 is 2.94 bits per heavy atom. The molecule has 0 spiro atoms. The molecule has 1 unspecified atom stereocenters. The van der Waals surface area contributed by atoms with Gasteiger partial charge >= 0.3 is 5.97 Å². The molecule has 1 atom stereocenters. The summed E-state index contributed by atoms with van der Waals surface area (Å²) in [6, 6.07) is 1.60. The summed E-state index contributed by atoms with van der Waals surface area (Å²) in [5, 5.41) is 0. The van der Waals surface area contributed by atoms with Crippen molar-refractivity contribution in [3.05, 3.63) is 18.1 Å². The second kappa shape index (κ2) is 5.49. The number of nitrogens with zero attached hydrogens (tertiary/aromatic N) is 4. The first-order valence-corrected chi connectivity index (χ1v) is 6.05. The maximum atomic E-state index is 11.4. The molecule has 18 heavy (non-hydrogen) atoms. The van der Waals surface area contributed by atoms with E-state index in [2.05, 4.69) is 19.6 Å². The molecule has 1 aliphatic heterocycles. The molecule has 2 heterocycles. The number of methoxy groups -OCH3 is 1. The first-order chi connectivity index (χ1) is 8.61. The van der Waals surface area contributed by atoms with E-state index in [-0.39, 0.29) is 11.2 Å². The predicted molar refractivity (Wildman–Crippen MR) is 67.9 cm³/mol. The third-order valence-corrected chi connectivity index (χ3v) is 3.24. The highest BCUT2D eigenvalue weighted by atomic mass is 35.5. The van der Waals surface area contributed by atoms with Crippen LogP contribution in [-0.4, -0.2) is 60.1 Å². The number of piperazine rings is 1. The van der Waals surface area contributed by atoms with Crippen LogP contribution in [0.1, 0.15) is 10.5 Å². The van der Waals surface area contributed by atoms with E-state index in [1.54, 1.807) is 6.07 Å². The number of carbonyl (C=O) groups excluding carboxylic acids is 1. The van der Waals surface area contributed by atoms with Gasteiger partial charge in [-0.1, -0.05) is 11.6 Å². The molecule has 0 aromatic carbocycles. The Bertz CT molecular complexity index is 443. The van der Waals surface area contributed by atoms with Gasteiger partial charge < -0.3 is 14.5 Å². The van der Waals surface area contributed by atoms with Crippen LogP contribution < -0.4 is 4.90 Å². The molecule has 0 N–H and O–H groups in total. The van der Waals surface area contributed by atoms with Crippen LogP contribution in [0.5, 0.6) is 0 Å². The number of alkyl halides is 1. The van der Waals surface area contributed by atoms with Gasteiger partial charge in [0.1, 0.15) is 17.6 Å². The average Bonchev–Trinajstić information content (AvgIpc) is 2.38. The lowest BCUT2D eigenvalue weighted by molar-refractivity contribution is 0.0594. The molecule has 98 valence electrons. The normalized spacial score (nSPS) is 20.8. The average molecular weight is 271 g/mol. The van der Waals surface area contributed by atoms with Crippen molar-refractivity contribution in [3.63, 3.8) is 0 Å². The van der Waals surface area contributed by atoms with Crippen LogP contribution in [0.15, 0.2) is 12.4 Å². The molecule has 6 nitrogen and oxygen atoms in total. The number of ether oxygens (including phenoxy) is 1. The summed E-state index contributed by atoms with van der Waals surface area (Å²) < 4.78 is 4.63. The van der Waals surface area contributed by atoms with Crippen molar-refractivity contribution in [2.75, 3.05) is 38.7 Å². The number of hydrogen-bond donors (Lipinski definition) is 0. The smallest absolute Gasteiger partial charge is 0.356 e. The SMILES string of the molecule is COC(=O)c1cc(N2CCN(C)CC2Cl)ncn1. The lowest BCUT2D eigenvalue weighted by Crippen LogP contribution is -2.49. The minimum atomic E-state index is -0.473. The van der Waals surface area contributed by atoms with Crippen LogP contribution in [-0.2, 0) is 4.74 Å². The molecule has 1 aromatic rings. The van der Waals surface area contributed by atoms with Crippen LogP contribution in [0.3, 0.4) is 0 Å². The molecule has 0 saturated carbocycles. The van der Waals surface area contributed by atoms with Gasteiger partial charge in [-0.2, -0.15) is 0 Å². The van der Waals surface area contributed by atoms with Crippen LogP contribution in [0.4, 0.5) is 5.82 Å². The molecule has 1 aliphatic rings. The maximum Gasteiger partial charge on any atom is 0.356 e. The fourth-order valence-electron chi connectivity index (χ4n) is 1.84.